The van der Waals surface area contributed by atoms with Crippen molar-refractivity contribution in [1.82, 2.24) is 0 Å². The van der Waals surface area contributed by atoms with Crippen LogP contribution in [-0.2, 0) is 0 Å². The Balaban J connectivity index is 3.43. The molecule has 50 valence electrons. The van der Waals surface area contributed by atoms with E-state index in [1.165, 1.54) is 0 Å². The molecule has 9 heavy (non-hydrogen) atoms. The Hall–Kier alpha value is 0.155. The summed E-state index contributed by atoms with van der Waals surface area (Å²) in [7, 11) is 5.55. The van der Waals surface area contributed by atoms with Gasteiger partial charge in [-0.25, -0.2) is 0 Å². The van der Waals surface area contributed by atoms with E-state index >= 15 is 0 Å². The fraction of sp³-hybridized carbons (Fsp3) is 0.714. The van der Waals surface area contributed by atoms with Gasteiger partial charge in [0.2, 0.25) is 0 Å². The smallest absolute Gasteiger partial charge is 0.107 e. The van der Waals surface area contributed by atoms with Crippen LogP contribution >= 0.6 is 12.6 Å². The van der Waals surface area contributed by atoms with Crippen LogP contribution in [0.4, 0.5) is 0 Å². The predicted molar refractivity (Wildman–Crippen MR) is 47.2 cm³/mol. The van der Waals surface area contributed by atoms with Gasteiger partial charge >= 0.3 is 0 Å². The number of thiol groups is 1. The Morgan fingerprint density at radius 3 is 2.67 bits per heavy atom. The third-order valence-electron chi connectivity index (χ3n) is 1.13. The minimum absolute atomic E-state index is 0.426. The molecular formula is C7H13BS. The molecule has 1 unspecified atom stereocenters. The summed E-state index contributed by atoms with van der Waals surface area (Å²) in [6.45, 7) is 4.11. The van der Waals surface area contributed by atoms with Crippen molar-refractivity contribution in [2.24, 2.45) is 0 Å². The van der Waals surface area contributed by atoms with Crippen molar-refractivity contribution in [3.8, 4) is 0 Å². The first-order valence-electron chi connectivity index (χ1n) is 3.29. The second-order valence-electron chi connectivity index (χ2n) is 2.22. The Bertz CT molecular complexity index is 97.1. The molecule has 0 aromatic carbocycles. The second kappa shape index (κ2) is 4.98. The van der Waals surface area contributed by atoms with Gasteiger partial charge in [-0.1, -0.05) is 19.9 Å². The lowest BCUT2D eigenvalue weighted by Gasteiger charge is -1.98. The topological polar surface area (TPSA) is 0 Å². The largest absolute Gasteiger partial charge is 0.176 e. The highest BCUT2D eigenvalue weighted by Gasteiger charge is 1.89. The molecule has 0 nitrogen and oxygen atoms in total. The molecule has 0 fully saturated rings. The Morgan fingerprint density at radius 1 is 1.78 bits per heavy atom. The fourth-order valence-electron chi connectivity index (χ4n) is 0.466. The monoisotopic (exact) mass is 140 g/mol. The zero-order valence-corrected chi connectivity index (χ0v) is 6.99. The molecule has 0 aromatic rings. The summed E-state index contributed by atoms with van der Waals surface area (Å²) in [5.41, 5.74) is 0.968. The zero-order valence-electron chi connectivity index (χ0n) is 6.09. The van der Waals surface area contributed by atoms with Gasteiger partial charge in [-0.15, -0.1) is 5.47 Å². The minimum Gasteiger partial charge on any atom is -0.176 e. The quantitative estimate of drug-likeness (QED) is 0.450. The highest BCUT2D eigenvalue weighted by Crippen LogP contribution is 2.03. The number of allylic oxidation sites excluding steroid dienone is 2. The molecule has 1 atom stereocenters. The molecule has 2 heteroatoms. The molecule has 0 aromatic heterocycles. The first-order valence-corrected chi connectivity index (χ1v) is 3.81. The van der Waals surface area contributed by atoms with Gasteiger partial charge in [0.1, 0.15) is 7.85 Å². The third kappa shape index (κ3) is 6.03. The average molecular weight is 140 g/mol. The van der Waals surface area contributed by atoms with Crippen molar-refractivity contribution in [1.29, 1.82) is 0 Å². The van der Waals surface area contributed by atoms with Crippen molar-refractivity contribution in [2.75, 3.05) is 0 Å². The number of rotatable bonds is 3. The van der Waals surface area contributed by atoms with Crippen LogP contribution in [0, 0.1) is 0 Å². The Labute approximate surface area is 64.5 Å². The van der Waals surface area contributed by atoms with Crippen LogP contribution < -0.4 is 0 Å². The molecule has 0 spiro atoms. The van der Waals surface area contributed by atoms with E-state index in [0.29, 0.717) is 5.25 Å². The summed E-state index contributed by atoms with van der Waals surface area (Å²) in [5.74, 6) is 0. The average Bonchev–Trinajstić information content (AvgIpc) is 1.83. The summed E-state index contributed by atoms with van der Waals surface area (Å²) in [6.07, 6.45) is 3.96. The molecule has 0 saturated heterocycles. The van der Waals surface area contributed by atoms with Crippen LogP contribution in [0.2, 0.25) is 0 Å². The third-order valence-corrected chi connectivity index (χ3v) is 1.34. The van der Waals surface area contributed by atoms with Gasteiger partial charge in [-0.05, 0) is 12.8 Å². The van der Waals surface area contributed by atoms with Crippen molar-refractivity contribution in [3.63, 3.8) is 0 Å². The van der Waals surface area contributed by atoms with Crippen LogP contribution in [0.25, 0.3) is 0 Å². The SMILES string of the molecule is [B]/C(=C/CC(C)S)CC. The summed E-state index contributed by atoms with van der Waals surface area (Å²) in [4.78, 5) is 0. The van der Waals surface area contributed by atoms with Crippen molar-refractivity contribution < 1.29 is 0 Å². The summed E-state index contributed by atoms with van der Waals surface area (Å²) in [5, 5.41) is 0.426. The van der Waals surface area contributed by atoms with Crippen LogP contribution in [0.3, 0.4) is 0 Å². The second-order valence-corrected chi connectivity index (χ2v) is 3.10. The van der Waals surface area contributed by atoms with E-state index in [1.807, 2.05) is 6.08 Å². The van der Waals surface area contributed by atoms with Crippen LogP contribution in [0.5, 0.6) is 0 Å². The van der Waals surface area contributed by atoms with Crippen molar-refractivity contribution in [2.45, 2.75) is 31.9 Å². The van der Waals surface area contributed by atoms with Crippen LogP contribution in [0.15, 0.2) is 11.5 Å². The Kier molecular flexibility index (Phi) is 5.07. The maximum atomic E-state index is 5.55. The highest BCUT2D eigenvalue weighted by atomic mass is 32.1. The molecule has 0 aliphatic carbocycles. The van der Waals surface area contributed by atoms with E-state index in [2.05, 4.69) is 26.5 Å². The first kappa shape index (κ1) is 9.15. The standard InChI is InChI=1S/C7H13BS/c1-3-7(8)5-4-6(2)9/h5-6,9H,3-4H2,1-2H3/b7-5+. The lowest BCUT2D eigenvalue weighted by atomic mass is 9.92. The molecule has 0 bridgehead atoms. The maximum absolute atomic E-state index is 5.55. The molecule has 0 saturated carbocycles. The van der Waals surface area contributed by atoms with Gasteiger partial charge in [0, 0.05) is 5.25 Å². The maximum Gasteiger partial charge on any atom is 0.107 e. The zero-order chi connectivity index (χ0) is 7.28. The lowest BCUT2D eigenvalue weighted by molar-refractivity contribution is 0.977. The van der Waals surface area contributed by atoms with Gasteiger partial charge < -0.3 is 0 Å². The van der Waals surface area contributed by atoms with Crippen LogP contribution in [-0.4, -0.2) is 13.1 Å². The lowest BCUT2D eigenvalue weighted by Crippen LogP contribution is -1.88. The van der Waals surface area contributed by atoms with Gasteiger partial charge in [0.05, 0.1) is 0 Å². The number of hydrogen-bond donors (Lipinski definition) is 1. The van der Waals surface area contributed by atoms with Crippen LogP contribution in [0.1, 0.15) is 26.7 Å². The van der Waals surface area contributed by atoms with E-state index in [0.717, 1.165) is 18.3 Å². The van der Waals surface area contributed by atoms with E-state index in [9.17, 15) is 0 Å². The molecular weight excluding hydrogens is 127 g/mol. The fourth-order valence-corrected chi connectivity index (χ4v) is 0.572. The summed E-state index contributed by atoms with van der Waals surface area (Å²) in [6, 6.07) is 0. The van der Waals surface area contributed by atoms with Gasteiger partial charge in [0.25, 0.3) is 0 Å². The molecule has 0 amide bonds. The molecule has 0 N–H and O–H groups in total. The predicted octanol–water partition coefficient (Wildman–Crippen LogP) is 2.16. The van der Waals surface area contributed by atoms with E-state index in [-0.39, 0.29) is 0 Å². The molecule has 0 heterocycles. The summed E-state index contributed by atoms with van der Waals surface area (Å²) >= 11 is 4.21. The minimum atomic E-state index is 0.426. The Morgan fingerprint density at radius 2 is 2.33 bits per heavy atom. The molecule has 2 radical (unpaired) electrons. The van der Waals surface area contributed by atoms with Crippen molar-refractivity contribution in [3.05, 3.63) is 11.5 Å². The van der Waals surface area contributed by atoms with E-state index < -0.39 is 0 Å². The van der Waals surface area contributed by atoms with Crippen molar-refractivity contribution >= 4 is 20.5 Å². The van der Waals surface area contributed by atoms with E-state index in [1.54, 1.807) is 0 Å². The van der Waals surface area contributed by atoms with E-state index in [4.69, 9.17) is 7.85 Å². The van der Waals surface area contributed by atoms with Gasteiger partial charge in [-0.3, -0.25) is 0 Å². The highest BCUT2D eigenvalue weighted by molar-refractivity contribution is 7.80. The number of hydrogen-bond acceptors (Lipinski definition) is 1. The van der Waals surface area contributed by atoms with Gasteiger partial charge in [0.15, 0.2) is 0 Å². The molecule has 0 rings (SSSR count). The van der Waals surface area contributed by atoms with Gasteiger partial charge in [-0.2, -0.15) is 12.6 Å². The molecule has 0 aliphatic rings. The molecule has 0 aliphatic heterocycles. The normalized spacial score (nSPS) is 15.7. The first-order chi connectivity index (χ1) is 4.16. The summed E-state index contributed by atoms with van der Waals surface area (Å²) < 4.78 is 0.